The first-order valence-corrected chi connectivity index (χ1v) is 24.4. The van der Waals surface area contributed by atoms with Crippen molar-refractivity contribution in [3.63, 3.8) is 0 Å². The third kappa shape index (κ3) is 7.17. The molecule has 0 unspecified atom stereocenters. The molecule has 0 spiro atoms. The number of nitrogens with zero attached hydrogens (tertiary/aromatic N) is 2. The van der Waals surface area contributed by atoms with Crippen LogP contribution in [-0.4, -0.2) is 0 Å². The predicted octanol–water partition coefficient (Wildman–Crippen LogP) is 18.7. The smallest absolute Gasteiger partial charge is 0.0991 e. The number of benzene rings is 11. The van der Waals surface area contributed by atoms with E-state index >= 15 is 0 Å². The van der Waals surface area contributed by atoms with Crippen LogP contribution in [-0.2, 0) is 10.8 Å². The Bertz CT molecular complexity index is 3890. The summed E-state index contributed by atoms with van der Waals surface area (Å²) >= 11 is 0. The van der Waals surface area contributed by atoms with E-state index in [0.29, 0.717) is 5.56 Å². The predicted molar refractivity (Wildman–Crippen MR) is 298 cm³/mol. The second kappa shape index (κ2) is 16.6. The van der Waals surface area contributed by atoms with Crippen LogP contribution >= 0.6 is 0 Å². The molecular formula is C68H52N2. The van der Waals surface area contributed by atoms with Crippen molar-refractivity contribution in [3.8, 4) is 39.4 Å². The maximum atomic E-state index is 9.60. The standard InChI is InChI=1S/C68H52N2/c1-67(2,3)62-39-38-61(53-14-6-7-15-54(53)62)66-59-19-10-8-17-57(59)65(58-18-9-11-20-60(58)66)49-31-30-47-40-45(24-29-48(47)41-49)23-22-44-25-32-50(33-26-44)70(51-34-27-46(43-69)28-35-51)52-36-37-56-55-16-12-13-21-63(55)68(4,5)64(56)42-52/h6-42H,1-5H3. The molecule has 70 heavy (non-hydrogen) atoms. The van der Waals surface area contributed by atoms with Gasteiger partial charge in [-0.05, 0) is 170 Å². The molecule has 11 aromatic carbocycles. The number of hydrogen-bond donors (Lipinski definition) is 0. The molecule has 12 rings (SSSR count). The largest absolute Gasteiger partial charge is 0.310 e. The molecule has 0 saturated heterocycles. The van der Waals surface area contributed by atoms with Gasteiger partial charge in [-0.15, -0.1) is 0 Å². The third-order valence-corrected chi connectivity index (χ3v) is 14.8. The first kappa shape index (κ1) is 42.8. The number of nitriles is 1. The van der Waals surface area contributed by atoms with Crippen LogP contribution in [0.4, 0.5) is 17.1 Å². The first-order valence-electron chi connectivity index (χ1n) is 24.4. The quantitative estimate of drug-likeness (QED) is 0.118. The molecule has 0 fully saturated rings. The van der Waals surface area contributed by atoms with Crippen LogP contribution in [0.1, 0.15) is 68.0 Å². The fourth-order valence-corrected chi connectivity index (χ4v) is 11.3. The molecule has 0 amide bonds. The zero-order valence-corrected chi connectivity index (χ0v) is 40.3. The van der Waals surface area contributed by atoms with Crippen molar-refractivity contribution in [3.05, 3.63) is 246 Å². The lowest BCUT2D eigenvalue weighted by molar-refractivity contribution is 0.596. The van der Waals surface area contributed by atoms with Crippen molar-refractivity contribution in [2.45, 2.75) is 45.4 Å². The third-order valence-electron chi connectivity index (χ3n) is 14.8. The van der Waals surface area contributed by atoms with Gasteiger partial charge in [-0.2, -0.15) is 5.26 Å². The topological polar surface area (TPSA) is 27.0 Å². The van der Waals surface area contributed by atoms with E-state index in [0.717, 1.165) is 28.2 Å². The lowest BCUT2D eigenvalue weighted by atomic mass is 9.80. The molecule has 1 aliphatic carbocycles. The van der Waals surface area contributed by atoms with Gasteiger partial charge in [0.2, 0.25) is 0 Å². The SMILES string of the molecule is CC(C)(C)c1ccc(-c2c3ccccc3c(-c3ccc4cc(C=Cc5ccc(N(c6ccc(C#N)cc6)c6ccc7c(c6)C(C)(C)c6ccccc6-7)cc5)ccc4c3)c3ccccc23)c2ccccc12. The Morgan fingerprint density at radius 1 is 0.429 bits per heavy atom. The fourth-order valence-electron chi connectivity index (χ4n) is 11.3. The van der Waals surface area contributed by atoms with Crippen LogP contribution in [0.25, 0.3) is 88.6 Å². The van der Waals surface area contributed by atoms with Gasteiger partial charge < -0.3 is 4.90 Å². The molecule has 11 aromatic rings. The molecule has 0 N–H and O–H groups in total. The summed E-state index contributed by atoms with van der Waals surface area (Å²) in [5.41, 5.74) is 17.6. The Labute approximate surface area is 411 Å². The van der Waals surface area contributed by atoms with Crippen molar-refractivity contribution < 1.29 is 0 Å². The van der Waals surface area contributed by atoms with E-state index < -0.39 is 0 Å². The zero-order chi connectivity index (χ0) is 47.7. The monoisotopic (exact) mass is 896 g/mol. The Morgan fingerprint density at radius 3 is 1.61 bits per heavy atom. The summed E-state index contributed by atoms with van der Waals surface area (Å²) in [5, 5.41) is 19.7. The highest BCUT2D eigenvalue weighted by molar-refractivity contribution is 6.24. The first-order chi connectivity index (χ1) is 34.0. The van der Waals surface area contributed by atoms with Crippen molar-refractivity contribution in [1.29, 1.82) is 5.26 Å². The zero-order valence-electron chi connectivity index (χ0n) is 40.3. The summed E-state index contributed by atoms with van der Waals surface area (Å²) in [6.45, 7) is 11.6. The van der Waals surface area contributed by atoms with Gasteiger partial charge >= 0.3 is 0 Å². The maximum absolute atomic E-state index is 9.60. The van der Waals surface area contributed by atoms with E-state index in [1.54, 1.807) is 0 Å². The molecule has 1 aliphatic rings. The van der Waals surface area contributed by atoms with Crippen molar-refractivity contribution >= 4 is 72.3 Å². The summed E-state index contributed by atoms with van der Waals surface area (Å²) in [6, 6.07) is 79.8. The van der Waals surface area contributed by atoms with Crippen molar-refractivity contribution in [1.82, 2.24) is 0 Å². The number of hydrogen-bond acceptors (Lipinski definition) is 2. The average Bonchev–Trinajstić information content (AvgIpc) is 3.62. The molecule has 334 valence electrons. The Hall–Kier alpha value is -8.51. The summed E-state index contributed by atoms with van der Waals surface area (Å²) < 4.78 is 0. The molecule has 0 aliphatic heterocycles. The summed E-state index contributed by atoms with van der Waals surface area (Å²) in [6.07, 6.45) is 4.40. The molecule has 2 nitrogen and oxygen atoms in total. The van der Waals surface area contributed by atoms with Gasteiger partial charge in [0.1, 0.15) is 0 Å². The second-order valence-electron chi connectivity index (χ2n) is 20.4. The Balaban J connectivity index is 0.868. The summed E-state index contributed by atoms with van der Waals surface area (Å²) in [4.78, 5) is 2.29. The molecule has 0 aromatic heterocycles. The van der Waals surface area contributed by atoms with Crippen LogP contribution in [0.5, 0.6) is 0 Å². The lowest BCUT2D eigenvalue weighted by Gasteiger charge is -2.28. The molecule has 0 atom stereocenters. The highest BCUT2D eigenvalue weighted by atomic mass is 15.1. The van der Waals surface area contributed by atoms with E-state index in [2.05, 4.69) is 246 Å². The lowest BCUT2D eigenvalue weighted by Crippen LogP contribution is -2.16. The molecule has 0 saturated carbocycles. The van der Waals surface area contributed by atoms with Crippen LogP contribution in [0, 0.1) is 11.3 Å². The molecular weight excluding hydrogens is 845 g/mol. The normalized spacial score (nSPS) is 13.0. The van der Waals surface area contributed by atoms with Crippen LogP contribution in [0.3, 0.4) is 0 Å². The molecule has 0 radical (unpaired) electrons. The van der Waals surface area contributed by atoms with E-state index in [9.17, 15) is 5.26 Å². The summed E-state index contributed by atoms with van der Waals surface area (Å²) in [7, 11) is 0. The van der Waals surface area contributed by atoms with Gasteiger partial charge in [0, 0.05) is 22.5 Å². The minimum Gasteiger partial charge on any atom is -0.310 e. The van der Waals surface area contributed by atoms with Crippen molar-refractivity contribution in [2.75, 3.05) is 4.90 Å². The van der Waals surface area contributed by atoms with Crippen LogP contribution < -0.4 is 4.90 Å². The average molecular weight is 897 g/mol. The van der Waals surface area contributed by atoms with E-state index in [4.69, 9.17) is 0 Å². The van der Waals surface area contributed by atoms with Gasteiger partial charge in [0.15, 0.2) is 0 Å². The van der Waals surface area contributed by atoms with Crippen LogP contribution in [0.2, 0.25) is 0 Å². The molecule has 0 bridgehead atoms. The molecule has 2 heteroatoms. The highest BCUT2D eigenvalue weighted by Gasteiger charge is 2.36. The van der Waals surface area contributed by atoms with E-state index in [-0.39, 0.29) is 10.8 Å². The Kier molecular flexibility index (Phi) is 10.2. The summed E-state index contributed by atoms with van der Waals surface area (Å²) in [5.74, 6) is 0. The van der Waals surface area contributed by atoms with E-state index in [1.807, 2.05) is 24.3 Å². The molecule has 0 heterocycles. The minimum absolute atomic E-state index is 0.0290. The maximum Gasteiger partial charge on any atom is 0.0991 e. The van der Waals surface area contributed by atoms with Crippen LogP contribution in [0.15, 0.2) is 212 Å². The number of anilines is 3. The van der Waals surface area contributed by atoms with Gasteiger partial charge in [-0.25, -0.2) is 0 Å². The Morgan fingerprint density at radius 2 is 0.943 bits per heavy atom. The number of rotatable bonds is 7. The van der Waals surface area contributed by atoms with Gasteiger partial charge in [-0.1, -0.05) is 198 Å². The van der Waals surface area contributed by atoms with E-state index in [1.165, 1.54) is 93.2 Å². The number of fused-ring (bicyclic) bond motifs is 7. The highest BCUT2D eigenvalue weighted by Crippen LogP contribution is 2.51. The second-order valence-corrected chi connectivity index (χ2v) is 20.4. The fraction of sp³-hybridized carbons (Fsp3) is 0.103. The van der Waals surface area contributed by atoms with Gasteiger partial charge in [0.05, 0.1) is 11.6 Å². The minimum atomic E-state index is -0.120. The van der Waals surface area contributed by atoms with Crippen molar-refractivity contribution in [2.24, 2.45) is 0 Å². The van der Waals surface area contributed by atoms with Gasteiger partial charge in [0.25, 0.3) is 0 Å². The van der Waals surface area contributed by atoms with Gasteiger partial charge in [-0.3, -0.25) is 0 Å².